The molecule has 1 radical (unpaired) electrons. The molecule has 0 amide bonds. The fraction of sp³-hybridized carbons (Fsp3) is 0.556. The molecule has 0 atom stereocenters. The molecule has 0 N–H and O–H groups in total. The second-order valence-electron chi connectivity index (χ2n) is 3.03. The molecule has 0 aliphatic heterocycles. The van der Waals surface area contributed by atoms with Crippen molar-refractivity contribution in [2.75, 3.05) is 0 Å². The third kappa shape index (κ3) is 2.62. The predicted octanol–water partition coefficient (Wildman–Crippen LogP) is 2.48. The van der Waals surface area contributed by atoms with Crippen LogP contribution in [0.15, 0.2) is 16.8 Å². The average Bonchev–Trinajstić information content (AvgIpc) is 2.33. The normalized spacial score (nSPS) is 16.0. The minimum Gasteiger partial charge on any atom is -0.274 e. The summed E-state index contributed by atoms with van der Waals surface area (Å²) >= 11 is 0. The second-order valence-corrected chi connectivity index (χ2v) is 5.92. The molecular formula is C9H15CoSi-. The summed E-state index contributed by atoms with van der Waals surface area (Å²) in [6, 6.07) is 0. The summed E-state index contributed by atoms with van der Waals surface area (Å²) in [5.74, 6) is 0. The van der Waals surface area contributed by atoms with E-state index in [2.05, 4.69) is 32.2 Å². The first-order valence-electron chi connectivity index (χ1n) is 4.05. The van der Waals surface area contributed by atoms with E-state index in [-0.39, 0.29) is 16.8 Å². The molecule has 0 nitrogen and oxygen atoms in total. The summed E-state index contributed by atoms with van der Waals surface area (Å²) in [7, 11) is -0.561. The topological polar surface area (TPSA) is 0 Å². The fourth-order valence-electron chi connectivity index (χ4n) is 1.42. The van der Waals surface area contributed by atoms with E-state index in [1.807, 2.05) is 0 Å². The molecule has 1 aliphatic carbocycles. The van der Waals surface area contributed by atoms with Crippen LogP contribution in [0.25, 0.3) is 0 Å². The van der Waals surface area contributed by atoms with Crippen LogP contribution in [-0.4, -0.2) is 8.80 Å². The third-order valence-corrected chi connectivity index (χ3v) is 3.67. The van der Waals surface area contributed by atoms with Crippen LogP contribution in [0.2, 0.25) is 13.1 Å². The first-order valence-corrected chi connectivity index (χ1v) is 6.94. The molecule has 11 heavy (non-hydrogen) atoms. The maximum Gasteiger partial charge on any atom is 0.0259 e. The molecule has 0 bridgehead atoms. The Morgan fingerprint density at radius 2 is 2.18 bits per heavy atom. The Hall–Kier alpha value is 0.203. The van der Waals surface area contributed by atoms with Gasteiger partial charge in [0, 0.05) is 25.6 Å². The summed E-state index contributed by atoms with van der Waals surface area (Å²) < 4.78 is 0. The van der Waals surface area contributed by atoms with Crippen LogP contribution in [-0.2, 0) is 16.8 Å². The van der Waals surface area contributed by atoms with Gasteiger partial charge in [-0.2, -0.15) is 6.08 Å². The van der Waals surface area contributed by atoms with E-state index in [9.17, 15) is 0 Å². The van der Waals surface area contributed by atoms with Crippen LogP contribution in [0, 0.1) is 6.08 Å². The quantitative estimate of drug-likeness (QED) is 0.485. The molecule has 0 aromatic heterocycles. The van der Waals surface area contributed by atoms with Crippen molar-refractivity contribution in [2.24, 2.45) is 0 Å². The molecular weight excluding hydrogens is 195 g/mol. The first kappa shape index (κ1) is 11.2. The Bertz CT molecular complexity index is 180. The van der Waals surface area contributed by atoms with Gasteiger partial charge in [0.1, 0.15) is 0 Å². The monoisotopic (exact) mass is 210 g/mol. The summed E-state index contributed by atoms with van der Waals surface area (Å²) in [4.78, 5) is 0. The van der Waals surface area contributed by atoms with Crippen LogP contribution in [0.3, 0.4) is 0 Å². The third-order valence-electron chi connectivity index (χ3n) is 1.95. The maximum absolute atomic E-state index is 3.44. The van der Waals surface area contributed by atoms with Crippen molar-refractivity contribution in [3.63, 3.8) is 0 Å². The molecule has 0 heterocycles. The Labute approximate surface area is 81.6 Å². The molecule has 2 heteroatoms. The fourth-order valence-corrected chi connectivity index (χ4v) is 3.01. The van der Waals surface area contributed by atoms with Crippen molar-refractivity contribution in [2.45, 2.75) is 32.9 Å². The van der Waals surface area contributed by atoms with Gasteiger partial charge in [0.05, 0.1) is 0 Å². The van der Waals surface area contributed by atoms with Gasteiger partial charge in [-0.1, -0.05) is 26.4 Å². The number of hydrogen-bond donors (Lipinski definition) is 0. The average molecular weight is 210 g/mol. The van der Waals surface area contributed by atoms with Gasteiger partial charge in [-0.25, -0.2) is 10.8 Å². The van der Waals surface area contributed by atoms with Gasteiger partial charge >= 0.3 is 0 Å². The summed E-state index contributed by atoms with van der Waals surface area (Å²) in [6.07, 6.45) is 8.04. The molecule has 0 saturated carbocycles. The molecule has 0 aromatic carbocycles. The SMILES string of the molecule is CCC1=CC[C-]=C1[SiH](C)C.[Co]. The predicted molar refractivity (Wildman–Crippen MR) is 48.6 cm³/mol. The van der Waals surface area contributed by atoms with Crippen LogP contribution in [0.1, 0.15) is 19.8 Å². The summed E-state index contributed by atoms with van der Waals surface area (Å²) in [5.41, 5.74) is 1.57. The van der Waals surface area contributed by atoms with Gasteiger partial charge in [-0.05, 0) is 0 Å². The number of rotatable bonds is 2. The van der Waals surface area contributed by atoms with E-state index < -0.39 is 8.80 Å². The molecule has 0 unspecified atom stereocenters. The van der Waals surface area contributed by atoms with Crippen molar-refractivity contribution >= 4 is 8.80 Å². The van der Waals surface area contributed by atoms with E-state index >= 15 is 0 Å². The Morgan fingerprint density at radius 1 is 1.55 bits per heavy atom. The van der Waals surface area contributed by atoms with Crippen molar-refractivity contribution in [3.8, 4) is 0 Å². The molecule has 0 spiro atoms. The first-order chi connectivity index (χ1) is 4.75. The maximum atomic E-state index is 3.44. The van der Waals surface area contributed by atoms with Gasteiger partial charge in [-0.15, -0.1) is 6.42 Å². The van der Waals surface area contributed by atoms with E-state index in [0.29, 0.717) is 0 Å². The number of allylic oxidation sites excluding steroid dienone is 4. The van der Waals surface area contributed by atoms with Crippen molar-refractivity contribution in [1.29, 1.82) is 0 Å². The minimum absolute atomic E-state index is 0. The smallest absolute Gasteiger partial charge is 0.0259 e. The molecule has 0 saturated heterocycles. The molecule has 1 aliphatic rings. The van der Waals surface area contributed by atoms with Gasteiger partial charge in [0.25, 0.3) is 0 Å². The zero-order valence-electron chi connectivity index (χ0n) is 7.40. The van der Waals surface area contributed by atoms with Gasteiger partial charge in [-0.3, -0.25) is 6.08 Å². The Morgan fingerprint density at radius 3 is 2.55 bits per heavy atom. The van der Waals surface area contributed by atoms with E-state index in [0.717, 1.165) is 6.42 Å². The van der Waals surface area contributed by atoms with Crippen LogP contribution in [0.4, 0.5) is 0 Å². The van der Waals surface area contributed by atoms with E-state index in [4.69, 9.17) is 0 Å². The van der Waals surface area contributed by atoms with Crippen molar-refractivity contribution < 1.29 is 16.8 Å². The molecule has 1 rings (SSSR count). The minimum atomic E-state index is -0.561. The van der Waals surface area contributed by atoms with Gasteiger partial charge < -0.3 is 0 Å². The Kier molecular flexibility index (Phi) is 5.05. The molecule has 0 aromatic rings. The molecule has 65 valence electrons. The van der Waals surface area contributed by atoms with Crippen molar-refractivity contribution in [1.82, 2.24) is 0 Å². The zero-order chi connectivity index (χ0) is 7.56. The standard InChI is InChI=1S/C9H15Si.Co/c1-4-8-6-5-7-9(8)10(2)3;/h6,10H,4-5H2,1-3H3;/q-1;. The van der Waals surface area contributed by atoms with E-state index in [1.165, 1.54) is 6.42 Å². The summed E-state index contributed by atoms with van der Waals surface area (Å²) in [6.45, 7) is 6.98. The zero-order valence-corrected chi connectivity index (χ0v) is 9.60. The molecule has 0 fully saturated rings. The summed E-state index contributed by atoms with van der Waals surface area (Å²) in [5, 5.41) is 1.59. The van der Waals surface area contributed by atoms with Gasteiger partial charge in [0.15, 0.2) is 0 Å². The second kappa shape index (κ2) is 4.96. The number of hydrogen-bond acceptors (Lipinski definition) is 0. The Balaban J connectivity index is 0.000001000. The van der Waals surface area contributed by atoms with Crippen LogP contribution in [0.5, 0.6) is 0 Å². The van der Waals surface area contributed by atoms with E-state index in [1.54, 1.807) is 10.8 Å². The van der Waals surface area contributed by atoms with Crippen LogP contribution >= 0.6 is 0 Å². The van der Waals surface area contributed by atoms with Gasteiger partial charge in [0.2, 0.25) is 0 Å². The van der Waals surface area contributed by atoms with Crippen LogP contribution < -0.4 is 0 Å². The largest absolute Gasteiger partial charge is 0.274 e. The van der Waals surface area contributed by atoms with Crippen molar-refractivity contribution in [3.05, 3.63) is 22.9 Å².